The Hall–Kier alpha value is -2.13. The Morgan fingerprint density at radius 2 is 1.71 bits per heavy atom. The molecule has 0 bridgehead atoms. The van der Waals surface area contributed by atoms with Gasteiger partial charge in [0.2, 0.25) is 0 Å². The number of rotatable bonds is 7. The van der Waals surface area contributed by atoms with Crippen molar-refractivity contribution in [1.29, 1.82) is 0 Å². The zero-order valence-electron chi connectivity index (χ0n) is 17.8. The lowest BCUT2D eigenvalue weighted by atomic mass is 10.1. The number of halogens is 1. The molecule has 2 heterocycles. The van der Waals surface area contributed by atoms with E-state index in [-0.39, 0.29) is 17.0 Å². The van der Waals surface area contributed by atoms with Crippen LogP contribution in [0, 0.1) is 0 Å². The van der Waals surface area contributed by atoms with Crippen molar-refractivity contribution in [3.8, 4) is 22.8 Å². The highest BCUT2D eigenvalue weighted by Gasteiger charge is 2.15. The second kappa shape index (κ2) is 11.5. The van der Waals surface area contributed by atoms with Gasteiger partial charge in [-0.25, -0.2) is 4.99 Å². The molecule has 1 aliphatic rings. The van der Waals surface area contributed by atoms with Crippen molar-refractivity contribution in [1.82, 2.24) is 9.47 Å². The predicted octanol–water partition coefficient (Wildman–Crippen LogP) is 4.38. The largest absolute Gasteiger partial charge is 0.493 e. The topological polar surface area (TPSA) is 48.2 Å². The van der Waals surface area contributed by atoms with Gasteiger partial charge < -0.3 is 18.8 Å². The fraction of sp³-hybridized carbons (Fsp3) is 0.348. The molecule has 0 radical (unpaired) electrons. The fourth-order valence-corrected chi connectivity index (χ4v) is 4.50. The van der Waals surface area contributed by atoms with E-state index in [4.69, 9.17) is 19.2 Å². The van der Waals surface area contributed by atoms with Crippen LogP contribution >= 0.6 is 28.3 Å². The van der Waals surface area contributed by atoms with E-state index in [2.05, 4.69) is 20.9 Å². The molecule has 1 saturated heterocycles. The summed E-state index contributed by atoms with van der Waals surface area (Å²) in [6, 6.07) is 16.1. The highest BCUT2D eigenvalue weighted by atomic mass is 79.9. The second-order valence-corrected chi connectivity index (χ2v) is 7.86. The number of nitrogens with zero attached hydrogens (tertiary/aromatic N) is 3. The average molecular weight is 506 g/mol. The minimum absolute atomic E-state index is 0. The van der Waals surface area contributed by atoms with E-state index in [1.807, 2.05) is 42.5 Å². The third-order valence-electron chi connectivity index (χ3n) is 5.20. The summed E-state index contributed by atoms with van der Waals surface area (Å²) in [6.07, 6.45) is 0. The molecule has 0 aliphatic carbocycles. The first-order valence-corrected chi connectivity index (χ1v) is 11.0. The van der Waals surface area contributed by atoms with Gasteiger partial charge in [0, 0.05) is 37.1 Å². The van der Waals surface area contributed by atoms with Crippen molar-refractivity contribution >= 4 is 34.0 Å². The third kappa shape index (κ3) is 5.77. The highest BCUT2D eigenvalue weighted by Crippen LogP contribution is 2.32. The summed E-state index contributed by atoms with van der Waals surface area (Å²) in [7, 11) is 3.32. The van der Waals surface area contributed by atoms with Crippen LogP contribution in [0.25, 0.3) is 11.3 Å². The molecule has 0 atom stereocenters. The standard InChI is InChI=1S/C23H27N3O3S.BrH/c1-27-21-9-8-18(16-22(21)28-2)20-17-30-23(24-19-6-4-3-5-7-19)26(20)11-10-25-12-14-29-15-13-25;/h3-9,16-17H,10-15H2,1-2H3;1H. The van der Waals surface area contributed by atoms with Gasteiger partial charge in [-0.1, -0.05) is 18.2 Å². The van der Waals surface area contributed by atoms with Crippen molar-refractivity contribution < 1.29 is 14.2 Å². The molecule has 1 fully saturated rings. The Labute approximate surface area is 197 Å². The summed E-state index contributed by atoms with van der Waals surface area (Å²) in [5, 5.41) is 2.17. The number of morpholine rings is 1. The fourth-order valence-electron chi connectivity index (χ4n) is 3.54. The van der Waals surface area contributed by atoms with E-state index < -0.39 is 0 Å². The molecule has 6 nitrogen and oxygen atoms in total. The van der Waals surface area contributed by atoms with Crippen molar-refractivity contribution in [2.75, 3.05) is 47.1 Å². The SMILES string of the molecule is Br.COc1ccc(-c2csc(=Nc3ccccc3)n2CCN2CCOCC2)cc1OC. The third-order valence-corrected chi connectivity index (χ3v) is 6.07. The first-order valence-electron chi connectivity index (χ1n) is 10.1. The molecule has 0 amide bonds. The van der Waals surface area contributed by atoms with Gasteiger partial charge in [-0.3, -0.25) is 4.90 Å². The Morgan fingerprint density at radius 3 is 2.42 bits per heavy atom. The molecule has 8 heteroatoms. The first-order chi connectivity index (χ1) is 14.8. The van der Waals surface area contributed by atoms with E-state index in [1.54, 1.807) is 25.6 Å². The van der Waals surface area contributed by atoms with Crippen molar-refractivity contribution in [3.63, 3.8) is 0 Å². The number of para-hydroxylation sites is 1. The zero-order chi connectivity index (χ0) is 20.8. The summed E-state index contributed by atoms with van der Waals surface area (Å²) in [5.41, 5.74) is 3.17. The van der Waals surface area contributed by atoms with Crippen LogP contribution < -0.4 is 14.3 Å². The van der Waals surface area contributed by atoms with Gasteiger partial charge in [-0.05, 0) is 30.3 Å². The van der Waals surface area contributed by atoms with Gasteiger partial charge in [0.1, 0.15) is 0 Å². The van der Waals surface area contributed by atoms with E-state index in [0.717, 1.165) is 72.6 Å². The summed E-state index contributed by atoms with van der Waals surface area (Å²) < 4.78 is 18.7. The summed E-state index contributed by atoms with van der Waals surface area (Å²) in [5.74, 6) is 1.45. The Balaban J connectivity index is 0.00000272. The van der Waals surface area contributed by atoms with Crippen LogP contribution in [0.5, 0.6) is 11.5 Å². The van der Waals surface area contributed by atoms with Crippen LogP contribution in [0.1, 0.15) is 0 Å². The van der Waals surface area contributed by atoms with Crippen LogP contribution in [0.3, 0.4) is 0 Å². The van der Waals surface area contributed by atoms with Crippen LogP contribution in [0.15, 0.2) is 58.9 Å². The van der Waals surface area contributed by atoms with Crippen LogP contribution in [0.4, 0.5) is 5.69 Å². The zero-order valence-corrected chi connectivity index (χ0v) is 20.4. The summed E-state index contributed by atoms with van der Waals surface area (Å²) >= 11 is 1.66. The molecule has 0 N–H and O–H groups in total. The number of thiazole rings is 1. The van der Waals surface area contributed by atoms with Crippen molar-refractivity contribution in [2.45, 2.75) is 6.54 Å². The highest BCUT2D eigenvalue weighted by molar-refractivity contribution is 8.93. The first kappa shape index (κ1) is 23.5. The maximum absolute atomic E-state index is 5.52. The number of aromatic nitrogens is 1. The Kier molecular flexibility index (Phi) is 8.71. The lowest BCUT2D eigenvalue weighted by molar-refractivity contribution is 0.0363. The molecule has 31 heavy (non-hydrogen) atoms. The molecule has 2 aromatic carbocycles. The van der Waals surface area contributed by atoms with Gasteiger partial charge in [-0.2, -0.15) is 0 Å². The number of ether oxygens (including phenoxy) is 3. The quantitative estimate of drug-likeness (QED) is 0.478. The average Bonchev–Trinajstić information content (AvgIpc) is 3.20. The predicted molar refractivity (Wildman–Crippen MR) is 130 cm³/mol. The maximum Gasteiger partial charge on any atom is 0.190 e. The monoisotopic (exact) mass is 505 g/mol. The van der Waals surface area contributed by atoms with Gasteiger partial charge in [-0.15, -0.1) is 28.3 Å². The minimum atomic E-state index is 0. The lowest BCUT2D eigenvalue weighted by Gasteiger charge is -2.26. The molecule has 3 aromatic rings. The van der Waals surface area contributed by atoms with E-state index in [9.17, 15) is 0 Å². The minimum Gasteiger partial charge on any atom is -0.493 e. The lowest BCUT2D eigenvalue weighted by Crippen LogP contribution is -2.39. The Bertz CT molecular complexity index is 1030. The molecule has 0 spiro atoms. The van der Waals surface area contributed by atoms with Gasteiger partial charge in [0.15, 0.2) is 16.3 Å². The molecular weight excluding hydrogens is 478 g/mol. The normalized spacial score (nSPS) is 14.8. The summed E-state index contributed by atoms with van der Waals surface area (Å²) in [6.45, 7) is 5.38. The van der Waals surface area contributed by atoms with E-state index in [0.29, 0.717) is 0 Å². The Morgan fingerprint density at radius 1 is 0.968 bits per heavy atom. The van der Waals surface area contributed by atoms with E-state index in [1.165, 1.54) is 0 Å². The van der Waals surface area contributed by atoms with Gasteiger partial charge >= 0.3 is 0 Å². The van der Waals surface area contributed by atoms with Crippen LogP contribution in [-0.2, 0) is 11.3 Å². The van der Waals surface area contributed by atoms with Gasteiger partial charge in [0.25, 0.3) is 0 Å². The number of methoxy groups -OCH3 is 2. The number of benzene rings is 2. The second-order valence-electron chi connectivity index (χ2n) is 7.03. The van der Waals surface area contributed by atoms with Crippen LogP contribution in [0.2, 0.25) is 0 Å². The number of hydrogen-bond donors (Lipinski definition) is 0. The molecular formula is C23H28BrN3O3S. The van der Waals surface area contributed by atoms with Gasteiger partial charge in [0.05, 0.1) is 38.8 Å². The van der Waals surface area contributed by atoms with Crippen LogP contribution in [-0.4, -0.2) is 56.5 Å². The number of hydrogen-bond acceptors (Lipinski definition) is 6. The molecule has 0 unspecified atom stereocenters. The summed E-state index contributed by atoms with van der Waals surface area (Å²) in [4.78, 5) is 8.34. The molecule has 1 aliphatic heterocycles. The maximum atomic E-state index is 5.52. The molecule has 0 saturated carbocycles. The molecule has 1 aromatic heterocycles. The smallest absolute Gasteiger partial charge is 0.190 e. The molecule has 4 rings (SSSR count). The van der Waals surface area contributed by atoms with Crippen molar-refractivity contribution in [3.05, 3.63) is 58.7 Å². The van der Waals surface area contributed by atoms with Crippen molar-refractivity contribution in [2.24, 2.45) is 4.99 Å². The molecule has 166 valence electrons. The van der Waals surface area contributed by atoms with E-state index >= 15 is 0 Å².